The van der Waals surface area contributed by atoms with Gasteiger partial charge in [-0.25, -0.2) is 4.68 Å². The lowest BCUT2D eigenvalue weighted by Crippen LogP contribution is -2.31. The van der Waals surface area contributed by atoms with Gasteiger partial charge in [0.05, 0.1) is 29.6 Å². The molecule has 4 rings (SSSR count). The van der Waals surface area contributed by atoms with Crippen molar-refractivity contribution in [1.82, 2.24) is 20.1 Å². The van der Waals surface area contributed by atoms with E-state index in [1.807, 2.05) is 23.0 Å². The lowest BCUT2D eigenvalue weighted by molar-refractivity contribution is 0.0932. The molecule has 1 atom stereocenters. The van der Waals surface area contributed by atoms with Gasteiger partial charge >= 0.3 is 0 Å². The van der Waals surface area contributed by atoms with Gasteiger partial charge in [0.2, 0.25) is 0 Å². The first-order valence-corrected chi connectivity index (χ1v) is 8.54. The normalized spacial score (nSPS) is 15.7. The summed E-state index contributed by atoms with van der Waals surface area (Å²) in [5, 5.41) is 16.6. The lowest BCUT2D eigenvalue weighted by atomic mass is 9.92. The van der Waals surface area contributed by atoms with E-state index in [4.69, 9.17) is 5.26 Å². The zero-order valence-electron chi connectivity index (χ0n) is 14.1. The van der Waals surface area contributed by atoms with E-state index >= 15 is 0 Å². The van der Waals surface area contributed by atoms with Gasteiger partial charge in [0.25, 0.3) is 5.91 Å². The number of fused-ring (bicyclic) bond motifs is 1. The number of nitrogens with zero attached hydrogens (tertiary/aromatic N) is 4. The van der Waals surface area contributed by atoms with Gasteiger partial charge in [-0.2, -0.15) is 10.4 Å². The second-order valence-corrected chi connectivity index (χ2v) is 6.27. The van der Waals surface area contributed by atoms with Crippen LogP contribution in [-0.4, -0.2) is 20.7 Å². The van der Waals surface area contributed by atoms with Gasteiger partial charge < -0.3 is 5.32 Å². The van der Waals surface area contributed by atoms with Crippen molar-refractivity contribution < 1.29 is 4.79 Å². The molecule has 0 saturated heterocycles. The van der Waals surface area contributed by atoms with Crippen LogP contribution in [0.5, 0.6) is 0 Å². The Labute approximate surface area is 151 Å². The Hall–Kier alpha value is -3.46. The standard InChI is InChI=1S/C20H17N5O/c21-12-14-3-1-4-15(11-14)20(26)24-18-5-2-6-19-17(18)13-23-25(19)16-7-9-22-10-8-16/h1,3-4,7-11,13,18H,2,5-6H2,(H,24,26)/t18-/m1/s1. The summed E-state index contributed by atoms with van der Waals surface area (Å²) in [6.07, 6.45) is 8.10. The summed E-state index contributed by atoms with van der Waals surface area (Å²) < 4.78 is 1.92. The molecule has 128 valence electrons. The number of carbonyl (C=O) groups is 1. The number of rotatable bonds is 3. The molecule has 26 heavy (non-hydrogen) atoms. The van der Waals surface area contributed by atoms with Crippen molar-refractivity contribution in [2.75, 3.05) is 0 Å². The van der Waals surface area contributed by atoms with Crippen LogP contribution in [0.2, 0.25) is 0 Å². The number of hydrogen-bond acceptors (Lipinski definition) is 4. The van der Waals surface area contributed by atoms with E-state index in [1.165, 1.54) is 0 Å². The zero-order valence-corrected chi connectivity index (χ0v) is 14.1. The van der Waals surface area contributed by atoms with Gasteiger partial charge in [-0.15, -0.1) is 0 Å². The van der Waals surface area contributed by atoms with Crippen molar-refractivity contribution in [3.05, 3.63) is 77.4 Å². The van der Waals surface area contributed by atoms with E-state index in [9.17, 15) is 4.79 Å². The molecule has 1 N–H and O–H groups in total. The summed E-state index contributed by atoms with van der Waals surface area (Å²) in [4.78, 5) is 16.7. The molecule has 0 spiro atoms. The maximum Gasteiger partial charge on any atom is 0.251 e. The third kappa shape index (κ3) is 2.95. The van der Waals surface area contributed by atoms with Gasteiger partial charge in [0.15, 0.2) is 0 Å². The smallest absolute Gasteiger partial charge is 0.251 e. The van der Waals surface area contributed by atoms with E-state index in [-0.39, 0.29) is 11.9 Å². The first-order chi connectivity index (χ1) is 12.8. The molecule has 0 aliphatic heterocycles. The number of carbonyl (C=O) groups excluding carboxylic acids is 1. The Morgan fingerprint density at radius 2 is 2.12 bits per heavy atom. The number of nitrogens with one attached hydrogen (secondary N) is 1. The molecule has 6 nitrogen and oxygen atoms in total. The molecule has 6 heteroatoms. The second-order valence-electron chi connectivity index (χ2n) is 6.27. The summed E-state index contributed by atoms with van der Waals surface area (Å²) >= 11 is 0. The number of amides is 1. The highest BCUT2D eigenvalue weighted by molar-refractivity contribution is 5.94. The molecule has 3 aromatic rings. The molecule has 0 bridgehead atoms. The molecule has 2 aromatic heterocycles. The molecule has 1 aliphatic carbocycles. The fraction of sp³-hybridized carbons (Fsp3) is 0.200. The summed E-state index contributed by atoms with van der Waals surface area (Å²) in [6.45, 7) is 0. The van der Waals surface area contributed by atoms with Crippen LogP contribution in [0.25, 0.3) is 5.69 Å². The highest BCUT2D eigenvalue weighted by Gasteiger charge is 2.26. The molecular formula is C20H17N5O. The van der Waals surface area contributed by atoms with Crippen molar-refractivity contribution in [1.29, 1.82) is 5.26 Å². The Kier molecular flexibility index (Phi) is 4.20. The fourth-order valence-electron chi connectivity index (χ4n) is 3.39. The number of pyridine rings is 1. The summed E-state index contributed by atoms with van der Waals surface area (Å²) in [5.41, 5.74) is 4.12. The SMILES string of the molecule is N#Cc1cccc(C(=O)N[C@@H]2CCCc3c2cnn3-c2ccncc2)c1. The van der Waals surface area contributed by atoms with Crippen LogP contribution in [-0.2, 0) is 6.42 Å². The van der Waals surface area contributed by atoms with Crippen LogP contribution in [0.3, 0.4) is 0 Å². The van der Waals surface area contributed by atoms with E-state index < -0.39 is 0 Å². The van der Waals surface area contributed by atoms with Crippen molar-refractivity contribution in [3.63, 3.8) is 0 Å². The van der Waals surface area contributed by atoms with Crippen molar-refractivity contribution in [2.45, 2.75) is 25.3 Å². The predicted octanol–water partition coefficient (Wildman–Crippen LogP) is 2.95. The quantitative estimate of drug-likeness (QED) is 0.792. The maximum atomic E-state index is 12.6. The summed E-state index contributed by atoms with van der Waals surface area (Å²) in [7, 11) is 0. The minimum absolute atomic E-state index is 0.0763. The van der Waals surface area contributed by atoms with Gasteiger partial charge in [-0.05, 0) is 49.6 Å². The lowest BCUT2D eigenvalue weighted by Gasteiger charge is -2.24. The van der Waals surface area contributed by atoms with Crippen LogP contribution < -0.4 is 5.32 Å². The van der Waals surface area contributed by atoms with Crippen LogP contribution in [0.1, 0.15) is 46.1 Å². The molecule has 1 amide bonds. The molecular weight excluding hydrogens is 326 g/mol. The first-order valence-electron chi connectivity index (χ1n) is 8.54. The van der Waals surface area contributed by atoms with E-state index in [2.05, 4.69) is 21.5 Å². The minimum atomic E-state index is -0.170. The average molecular weight is 343 g/mol. The Bertz CT molecular complexity index is 987. The minimum Gasteiger partial charge on any atom is -0.345 e. The van der Waals surface area contributed by atoms with E-state index in [1.54, 1.807) is 36.7 Å². The van der Waals surface area contributed by atoms with Crippen LogP contribution in [0, 0.1) is 11.3 Å². The topological polar surface area (TPSA) is 83.6 Å². The van der Waals surface area contributed by atoms with Crippen LogP contribution >= 0.6 is 0 Å². The highest BCUT2D eigenvalue weighted by Crippen LogP contribution is 2.31. The largest absolute Gasteiger partial charge is 0.345 e. The molecule has 2 heterocycles. The highest BCUT2D eigenvalue weighted by atomic mass is 16.1. The molecule has 1 aliphatic rings. The number of nitriles is 1. The Morgan fingerprint density at radius 3 is 2.92 bits per heavy atom. The monoisotopic (exact) mass is 343 g/mol. The molecule has 0 unspecified atom stereocenters. The third-order valence-corrected chi connectivity index (χ3v) is 4.65. The van der Waals surface area contributed by atoms with E-state index in [0.717, 1.165) is 36.2 Å². The maximum absolute atomic E-state index is 12.6. The van der Waals surface area contributed by atoms with Crippen molar-refractivity contribution >= 4 is 5.91 Å². The van der Waals surface area contributed by atoms with Crippen LogP contribution in [0.4, 0.5) is 0 Å². The van der Waals surface area contributed by atoms with Gasteiger partial charge in [-0.3, -0.25) is 9.78 Å². The summed E-state index contributed by atoms with van der Waals surface area (Å²) in [5.74, 6) is -0.170. The number of benzene rings is 1. The number of hydrogen-bond donors (Lipinski definition) is 1. The summed E-state index contributed by atoms with van der Waals surface area (Å²) in [6, 6.07) is 12.6. The number of aromatic nitrogens is 3. The third-order valence-electron chi connectivity index (χ3n) is 4.65. The van der Waals surface area contributed by atoms with E-state index in [0.29, 0.717) is 11.1 Å². The van der Waals surface area contributed by atoms with Gasteiger partial charge in [-0.1, -0.05) is 6.07 Å². The molecule has 0 saturated carbocycles. The van der Waals surface area contributed by atoms with Gasteiger partial charge in [0.1, 0.15) is 0 Å². The fourth-order valence-corrected chi connectivity index (χ4v) is 3.39. The molecule has 0 radical (unpaired) electrons. The molecule has 1 aromatic carbocycles. The zero-order chi connectivity index (χ0) is 17.9. The molecule has 0 fully saturated rings. The second kappa shape index (κ2) is 6.81. The average Bonchev–Trinajstić information content (AvgIpc) is 3.14. The Morgan fingerprint density at radius 1 is 1.27 bits per heavy atom. The first kappa shape index (κ1) is 16.0. The van der Waals surface area contributed by atoms with Crippen molar-refractivity contribution in [2.24, 2.45) is 0 Å². The predicted molar refractivity (Wildman–Crippen MR) is 95.7 cm³/mol. The van der Waals surface area contributed by atoms with Crippen molar-refractivity contribution in [3.8, 4) is 11.8 Å². The van der Waals surface area contributed by atoms with Gasteiger partial charge in [0, 0.05) is 29.2 Å². The van der Waals surface area contributed by atoms with Crippen LogP contribution in [0.15, 0.2) is 55.0 Å². The Balaban J connectivity index is 1.60.